The largest absolute Gasteiger partial charge is 0.383 e. The Balaban J connectivity index is 1.88. The van der Waals surface area contributed by atoms with Gasteiger partial charge in [-0.1, -0.05) is 0 Å². The predicted molar refractivity (Wildman–Crippen MR) is 79.9 cm³/mol. The van der Waals surface area contributed by atoms with E-state index in [-0.39, 0.29) is 17.9 Å². The van der Waals surface area contributed by atoms with E-state index < -0.39 is 0 Å². The topological polar surface area (TPSA) is 61.9 Å². The third kappa shape index (κ3) is 4.17. The summed E-state index contributed by atoms with van der Waals surface area (Å²) in [6, 6.07) is 0.626. The monoisotopic (exact) mass is 297 g/mol. The molecular weight excluding hydrogens is 270 g/mol. The molecule has 2 fully saturated rings. The maximum Gasteiger partial charge on any atom is 0.234 e. The van der Waals surface area contributed by atoms with Gasteiger partial charge in [0.05, 0.1) is 13.2 Å². The number of likely N-dealkylation sites (tertiary alicyclic amines) is 2. The molecule has 0 aromatic rings. The van der Waals surface area contributed by atoms with Crippen molar-refractivity contribution < 1.29 is 14.3 Å². The van der Waals surface area contributed by atoms with Gasteiger partial charge in [-0.2, -0.15) is 0 Å². The lowest BCUT2D eigenvalue weighted by molar-refractivity contribution is -0.130. The van der Waals surface area contributed by atoms with E-state index in [9.17, 15) is 9.59 Å². The van der Waals surface area contributed by atoms with Crippen LogP contribution in [0, 0.1) is 0 Å². The summed E-state index contributed by atoms with van der Waals surface area (Å²) in [6.07, 6.45) is 4.33. The van der Waals surface area contributed by atoms with Gasteiger partial charge in [0.25, 0.3) is 0 Å². The number of ether oxygens (including phenoxy) is 1. The van der Waals surface area contributed by atoms with Gasteiger partial charge in [0.2, 0.25) is 11.8 Å². The zero-order valence-electron chi connectivity index (χ0n) is 13.1. The molecule has 0 aromatic carbocycles. The van der Waals surface area contributed by atoms with E-state index >= 15 is 0 Å². The van der Waals surface area contributed by atoms with Crippen LogP contribution in [0.4, 0.5) is 0 Å². The molecule has 2 aliphatic rings. The predicted octanol–water partition coefficient (Wildman–Crippen LogP) is 0.224. The molecule has 2 amide bonds. The first kappa shape index (κ1) is 16.2. The normalized spacial score (nSPS) is 26.3. The van der Waals surface area contributed by atoms with Crippen molar-refractivity contribution in [2.24, 2.45) is 0 Å². The molecule has 2 aliphatic heterocycles. The Kier molecular flexibility index (Phi) is 5.99. The van der Waals surface area contributed by atoms with Crippen molar-refractivity contribution in [3.8, 4) is 0 Å². The Labute approximate surface area is 126 Å². The lowest BCUT2D eigenvalue weighted by Crippen LogP contribution is -2.50. The maximum atomic E-state index is 12.0. The third-order valence-electron chi connectivity index (χ3n) is 4.54. The van der Waals surface area contributed by atoms with E-state index in [0.717, 1.165) is 38.8 Å². The summed E-state index contributed by atoms with van der Waals surface area (Å²) in [5.74, 6) is 0.209. The second kappa shape index (κ2) is 7.75. The van der Waals surface area contributed by atoms with Crippen molar-refractivity contribution >= 4 is 11.8 Å². The lowest BCUT2D eigenvalue weighted by atomic mass is 10.0. The molecule has 0 aromatic heterocycles. The minimum absolute atomic E-state index is 0.0475. The van der Waals surface area contributed by atoms with Gasteiger partial charge in [-0.05, 0) is 32.2 Å². The summed E-state index contributed by atoms with van der Waals surface area (Å²) in [7, 11) is 1.62. The van der Waals surface area contributed by atoms with Gasteiger partial charge in [0.1, 0.15) is 0 Å². The molecular formula is C15H27N3O3. The van der Waals surface area contributed by atoms with Gasteiger partial charge < -0.3 is 15.0 Å². The fourth-order valence-corrected chi connectivity index (χ4v) is 3.60. The fourth-order valence-electron chi connectivity index (χ4n) is 3.60. The molecule has 0 radical (unpaired) electrons. The van der Waals surface area contributed by atoms with E-state index in [1.54, 1.807) is 14.0 Å². The molecule has 0 spiro atoms. The summed E-state index contributed by atoms with van der Waals surface area (Å²) in [5.41, 5.74) is 0. The van der Waals surface area contributed by atoms with E-state index in [1.165, 1.54) is 0 Å². The zero-order chi connectivity index (χ0) is 15.2. The standard InChI is InChI=1S/C15H27N3O3/c1-12(19)18-9-4-6-14(18)13-5-3-8-17(13)11-15(20)16-7-10-21-2/h13-14H,3-11H2,1-2H3,(H,16,20)/t13-,14+/m1/s1. The molecule has 0 saturated carbocycles. The first-order valence-corrected chi connectivity index (χ1v) is 7.90. The van der Waals surface area contributed by atoms with Crippen molar-refractivity contribution in [2.75, 3.05) is 39.9 Å². The van der Waals surface area contributed by atoms with Gasteiger partial charge >= 0.3 is 0 Å². The smallest absolute Gasteiger partial charge is 0.234 e. The molecule has 0 aliphatic carbocycles. The minimum Gasteiger partial charge on any atom is -0.383 e. The van der Waals surface area contributed by atoms with Gasteiger partial charge in [0, 0.05) is 39.2 Å². The lowest BCUT2D eigenvalue weighted by Gasteiger charge is -2.34. The van der Waals surface area contributed by atoms with Crippen LogP contribution < -0.4 is 5.32 Å². The number of nitrogens with one attached hydrogen (secondary N) is 1. The Morgan fingerprint density at radius 3 is 2.62 bits per heavy atom. The molecule has 1 N–H and O–H groups in total. The van der Waals surface area contributed by atoms with Gasteiger partial charge in [0.15, 0.2) is 0 Å². The van der Waals surface area contributed by atoms with Crippen LogP contribution >= 0.6 is 0 Å². The van der Waals surface area contributed by atoms with Crippen molar-refractivity contribution in [1.29, 1.82) is 0 Å². The molecule has 2 rings (SSSR count). The summed E-state index contributed by atoms with van der Waals surface area (Å²) in [6.45, 7) is 4.98. The number of hydrogen-bond donors (Lipinski definition) is 1. The molecule has 2 saturated heterocycles. The second-order valence-electron chi connectivity index (χ2n) is 5.94. The van der Waals surface area contributed by atoms with E-state index in [2.05, 4.69) is 10.2 Å². The highest BCUT2D eigenvalue weighted by Crippen LogP contribution is 2.29. The molecule has 21 heavy (non-hydrogen) atoms. The number of rotatable bonds is 6. The summed E-state index contributed by atoms with van der Waals surface area (Å²) >= 11 is 0. The van der Waals surface area contributed by atoms with Gasteiger partial charge in [-0.25, -0.2) is 0 Å². The average Bonchev–Trinajstić information content (AvgIpc) is 3.06. The van der Waals surface area contributed by atoms with Crippen LogP contribution in [-0.4, -0.2) is 73.6 Å². The fraction of sp³-hybridized carbons (Fsp3) is 0.867. The van der Waals surface area contributed by atoms with Crippen LogP contribution in [0.25, 0.3) is 0 Å². The van der Waals surface area contributed by atoms with Crippen molar-refractivity contribution in [3.05, 3.63) is 0 Å². The van der Waals surface area contributed by atoms with Gasteiger partial charge in [-0.3, -0.25) is 14.5 Å². The zero-order valence-corrected chi connectivity index (χ0v) is 13.1. The van der Waals surface area contributed by atoms with Crippen molar-refractivity contribution in [2.45, 2.75) is 44.7 Å². The molecule has 0 unspecified atom stereocenters. The maximum absolute atomic E-state index is 12.0. The van der Waals surface area contributed by atoms with Crippen molar-refractivity contribution in [1.82, 2.24) is 15.1 Å². The first-order valence-electron chi connectivity index (χ1n) is 7.90. The SMILES string of the molecule is COCCNC(=O)CN1CCC[C@@H]1[C@@H]1CCCN1C(C)=O. The molecule has 2 heterocycles. The Bertz CT molecular complexity index is 375. The Morgan fingerprint density at radius 2 is 1.90 bits per heavy atom. The number of hydrogen-bond acceptors (Lipinski definition) is 4. The van der Waals surface area contributed by atoms with Crippen LogP contribution in [0.1, 0.15) is 32.6 Å². The minimum atomic E-state index is 0.0475. The van der Waals surface area contributed by atoms with Crippen molar-refractivity contribution in [3.63, 3.8) is 0 Å². The Morgan fingerprint density at radius 1 is 1.19 bits per heavy atom. The van der Waals surface area contributed by atoms with Crippen LogP contribution in [-0.2, 0) is 14.3 Å². The molecule has 0 bridgehead atoms. The van der Waals surface area contributed by atoms with Gasteiger partial charge in [-0.15, -0.1) is 0 Å². The molecule has 2 atom stereocenters. The van der Waals surface area contributed by atoms with E-state index in [1.807, 2.05) is 4.90 Å². The summed E-state index contributed by atoms with van der Waals surface area (Å²) in [5, 5.41) is 2.87. The first-order chi connectivity index (χ1) is 10.1. The quantitative estimate of drug-likeness (QED) is 0.713. The number of carbonyl (C=O) groups excluding carboxylic acids is 2. The van der Waals surface area contributed by atoms with E-state index in [4.69, 9.17) is 4.74 Å². The molecule has 120 valence electrons. The third-order valence-corrected chi connectivity index (χ3v) is 4.54. The molecule has 6 nitrogen and oxygen atoms in total. The van der Waals surface area contributed by atoms with Crippen LogP contribution in [0.2, 0.25) is 0 Å². The average molecular weight is 297 g/mol. The number of nitrogens with zero attached hydrogens (tertiary/aromatic N) is 2. The number of carbonyl (C=O) groups is 2. The van der Waals surface area contributed by atoms with Crippen LogP contribution in [0.3, 0.4) is 0 Å². The second-order valence-corrected chi connectivity index (χ2v) is 5.94. The molecule has 6 heteroatoms. The summed E-state index contributed by atoms with van der Waals surface area (Å²) in [4.78, 5) is 27.9. The highest BCUT2D eigenvalue weighted by molar-refractivity contribution is 5.78. The highest BCUT2D eigenvalue weighted by Gasteiger charge is 2.39. The number of amides is 2. The summed E-state index contributed by atoms with van der Waals surface area (Å²) < 4.78 is 4.93. The van der Waals surface area contributed by atoms with Crippen LogP contribution in [0.15, 0.2) is 0 Å². The van der Waals surface area contributed by atoms with Crippen LogP contribution in [0.5, 0.6) is 0 Å². The highest BCUT2D eigenvalue weighted by atomic mass is 16.5. The van der Waals surface area contributed by atoms with E-state index in [0.29, 0.717) is 25.7 Å². The number of methoxy groups -OCH3 is 1. The Hall–Kier alpha value is -1.14.